The van der Waals surface area contributed by atoms with E-state index in [4.69, 9.17) is 14.2 Å². The predicted molar refractivity (Wildman–Crippen MR) is 116 cm³/mol. The second-order valence-corrected chi connectivity index (χ2v) is 8.03. The van der Waals surface area contributed by atoms with E-state index in [2.05, 4.69) is 32.2 Å². The summed E-state index contributed by atoms with van der Waals surface area (Å²) in [5.74, 6) is 3.36. The fourth-order valence-electron chi connectivity index (χ4n) is 3.15. The molecule has 3 aromatic heterocycles. The largest absolute Gasteiger partial charge is 0.484 e. The number of aromatic nitrogens is 4. The smallest absolute Gasteiger partial charge is 0.257 e. The Hall–Kier alpha value is -3.07. The van der Waals surface area contributed by atoms with Gasteiger partial charge < -0.3 is 19.5 Å². The van der Waals surface area contributed by atoms with Crippen molar-refractivity contribution in [2.45, 2.75) is 19.1 Å². The van der Waals surface area contributed by atoms with Crippen molar-refractivity contribution in [3.05, 3.63) is 48.0 Å². The molecule has 0 amide bonds. The van der Waals surface area contributed by atoms with Gasteiger partial charge in [0.25, 0.3) is 5.88 Å². The summed E-state index contributed by atoms with van der Waals surface area (Å²) < 4.78 is 16.6. The maximum Gasteiger partial charge on any atom is 0.257 e. The van der Waals surface area contributed by atoms with Gasteiger partial charge in [0, 0.05) is 40.4 Å². The minimum absolute atomic E-state index is 0.200. The first-order valence-electron chi connectivity index (χ1n) is 9.58. The Balaban J connectivity index is 1.40. The number of hydrogen-bond donors (Lipinski definition) is 1. The summed E-state index contributed by atoms with van der Waals surface area (Å²) in [5, 5.41) is 3.55. The van der Waals surface area contributed by atoms with Crippen LogP contribution in [0.3, 0.4) is 0 Å². The lowest BCUT2D eigenvalue weighted by Gasteiger charge is -2.22. The van der Waals surface area contributed by atoms with E-state index in [-0.39, 0.29) is 5.25 Å². The molecule has 0 saturated carbocycles. The van der Waals surface area contributed by atoms with Crippen LogP contribution in [0.5, 0.6) is 17.5 Å². The molecular formula is C21H23N5O3S. The minimum Gasteiger partial charge on any atom is -0.484 e. The molecule has 1 atom stereocenters. The first-order chi connectivity index (χ1) is 14.7. The first-order valence-corrected chi connectivity index (χ1v) is 10.6. The second kappa shape index (κ2) is 9.17. The Morgan fingerprint density at radius 2 is 2.03 bits per heavy atom. The third-order valence-electron chi connectivity index (χ3n) is 4.68. The summed E-state index contributed by atoms with van der Waals surface area (Å²) in [7, 11) is 1.61. The number of fused-ring (bicyclic) bond motifs is 1. The van der Waals surface area contributed by atoms with Gasteiger partial charge in [-0.2, -0.15) is 0 Å². The molecule has 156 valence electrons. The van der Waals surface area contributed by atoms with Crippen molar-refractivity contribution in [2.75, 3.05) is 31.5 Å². The van der Waals surface area contributed by atoms with Crippen molar-refractivity contribution in [2.24, 2.45) is 0 Å². The third-order valence-corrected chi connectivity index (χ3v) is 5.75. The molecule has 0 aromatic carbocycles. The number of methoxy groups -OCH3 is 1. The van der Waals surface area contributed by atoms with Crippen LogP contribution in [0.25, 0.3) is 11.3 Å². The summed E-state index contributed by atoms with van der Waals surface area (Å²) in [4.78, 5) is 17.3. The van der Waals surface area contributed by atoms with Crippen molar-refractivity contribution in [1.82, 2.24) is 19.9 Å². The van der Waals surface area contributed by atoms with Crippen molar-refractivity contribution in [3.63, 3.8) is 0 Å². The highest BCUT2D eigenvalue weighted by molar-refractivity contribution is 7.99. The van der Waals surface area contributed by atoms with Crippen LogP contribution in [0.2, 0.25) is 0 Å². The average Bonchev–Trinajstić information content (AvgIpc) is 2.78. The molecule has 9 heteroatoms. The second-order valence-electron chi connectivity index (χ2n) is 6.70. The average molecular weight is 426 g/mol. The molecule has 3 aromatic rings. The number of aryl methyl sites for hydroxylation is 1. The Kier molecular flexibility index (Phi) is 6.18. The van der Waals surface area contributed by atoms with Crippen LogP contribution in [0, 0.1) is 6.92 Å². The fourth-order valence-corrected chi connectivity index (χ4v) is 4.00. The number of rotatable bonds is 7. The lowest BCUT2D eigenvalue weighted by molar-refractivity contribution is 0.163. The van der Waals surface area contributed by atoms with Gasteiger partial charge in [-0.25, -0.2) is 19.9 Å². The van der Waals surface area contributed by atoms with Gasteiger partial charge >= 0.3 is 0 Å². The predicted octanol–water partition coefficient (Wildman–Crippen LogP) is 3.89. The summed E-state index contributed by atoms with van der Waals surface area (Å²) in [5.41, 5.74) is 3.76. The number of nitrogens with one attached hydrogen (secondary N) is 1. The molecule has 0 fully saturated rings. The SMILES string of the molecule is COc1ncc(-c2cc(NCS[C@@H](C)c3ccnc4c3OCCO4)ncn2)cc1C. The molecule has 0 saturated heterocycles. The molecule has 1 aliphatic heterocycles. The van der Waals surface area contributed by atoms with Crippen LogP contribution in [0.1, 0.15) is 23.3 Å². The van der Waals surface area contributed by atoms with Crippen LogP contribution in [-0.2, 0) is 0 Å². The quantitative estimate of drug-likeness (QED) is 0.566. The molecule has 0 spiro atoms. The van der Waals surface area contributed by atoms with Gasteiger partial charge in [-0.05, 0) is 26.0 Å². The molecule has 8 nitrogen and oxygen atoms in total. The Labute approximate surface area is 179 Å². The van der Waals surface area contributed by atoms with Crippen LogP contribution in [-0.4, -0.2) is 46.1 Å². The first kappa shape index (κ1) is 20.2. The van der Waals surface area contributed by atoms with Crippen molar-refractivity contribution in [3.8, 4) is 28.8 Å². The molecule has 0 bridgehead atoms. The summed E-state index contributed by atoms with van der Waals surface area (Å²) in [6, 6.07) is 5.90. The van der Waals surface area contributed by atoms with Crippen LogP contribution in [0.15, 0.2) is 36.9 Å². The Morgan fingerprint density at radius 3 is 2.87 bits per heavy atom. The monoisotopic (exact) mass is 425 g/mol. The van der Waals surface area contributed by atoms with E-state index < -0.39 is 0 Å². The van der Waals surface area contributed by atoms with Gasteiger partial charge in [0.1, 0.15) is 25.4 Å². The summed E-state index contributed by atoms with van der Waals surface area (Å²) in [6.45, 7) is 5.17. The number of pyridine rings is 2. The lowest BCUT2D eigenvalue weighted by Crippen LogP contribution is -2.18. The van der Waals surface area contributed by atoms with Gasteiger partial charge in [-0.1, -0.05) is 0 Å². The topological polar surface area (TPSA) is 91.3 Å². The molecule has 30 heavy (non-hydrogen) atoms. The normalized spacial score (nSPS) is 13.6. The fraction of sp³-hybridized carbons (Fsp3) is 0.333. The van der Waals surface area contributed by atoms with E-state index in [1.165, 1.54) is 0 Å². The molecule has 1 aliphatic rings. The zero-order chi connectivity index (χ0) is 20.9. The van der Waals surface area contributed by atoms with Gasteiger partial charge in [0.2, 0.25) is 5.88 Å². The third kappa shape index (κ3) is 4.40. The van der Waals surface area contributed by atoms with Gasteiger partial charge in [-0.15, -0.1) is 11.8 Å². The summed E-state index contributed by atoms with van der Waals surface area (Å²) >= 11 is 1.74. The summed E-state index contributed by atoms with van der Waals surface area (Å²) in [6.07, 6.45) is 5.06. The number of hydrogen-bond acceptors (Lipinski definition) is 9. The van der Waals surface area contributed by atoms with Crippen molar-refractivity contribution in [1.29, 1.82) is 0 Å². The van der Waals surface area contributed by atoms with Crippen LogP contribution in [0.4, 0.5) is 5.82 Å². The highest BCUT2D eigenvalue weighted by Gasteiger charge is 2.21. The zero-order valence-corrected chi connectivity index (χ0v) is 17.9. The van der Waals surface area contributed by atoms with E-state index in [0.717, 1.165) is 34.0 Å². The van der Waals surface area contributed by atoms with Crippen LogP contribution >= 0.6 is 11.8 Å². The number of ether oxygens (including phenoxy) is 3. The lowest BCUT2D eigenvalue weighted by atomic mass is 10.1. The maximum atomic E-state index is 5.77. The van der Waals surface area contributed by atoms with E-state index in [1.54, 1.807) is 37.6 Å². The van der Waals surface area contributed by atoms with E-state index in [9.17, 15) is 0 Å². The number of anilines is 1. The van der Waals surface area contributed by atoms with Gasteiger partial charge in [-0.3, -0.25) is 0 Å². The van der Waals surface area contributed by atoms with E-state index in [1.807, 2.05) is 25.1 Å². The number of thioether (sulfide) groups is 1. The molecule has 1 N–H and O–H groups in total. The van der Waals surface area contributed by atoms with E-state index >= 15 is 0 Å². The molecule has 0 radical (unpaired) electrons. The van der Waals surface area contributed by atoms with Crippen molar-refractivity contribution < 1.29 is 14.2 Å². The van der Waals surface area contributed by atoms with E-state index in [0.29, 0.717) is 30.9 Å². The molecular weight excluding hydrogens is 402 g/mol. The highest BCUT2D eigenvalue weighted by Crippen LogP contribution is 2.40. The maximum absolute atomic E-state index is 5.77. The highest BCUT2D eigenvalue weighted by atomic mass is 32.2. The zero-order valence-electron chi connectivity index (χ0n) is 17.1. The minimum atomic E-state index is 0.200. The Bertz CT molecular complexity index is 1030. The molecule has 4 heterocycles. The number of nitrogens with zero attached hydrogens (tertiary/aromatic N) is 4. The van der Waals surface area contributed by atoms with Crippen molar-refractivity contribution >= 4 is 17.6 Å². The molecule has 4 rings (SSSR count). The molecule has 0 aliphatic carbocycles. The van der Waals surface area contributed by atoms with Gasteiger partial charge in [0.05, 0.1) is 18.7 Å². The van der Waals surface area contributed by atoms with Gasteiger partial charge in [0.15, 0.2) is 5.75 Å². The standard InChI is InChI=1S/C21H23N5O3S/c1-13-8-15(10-23-20(13)27-3)17-9-18(25-11-24-17)26-12-30-14(2)16-4-5-22-21-19(16)28-6-7-29-21/h4-5,8-11,14H,6-7,12H2,1-3H3,(H,24,25,26)/t14-/m0/s1. The Morgan fingerprint density at radius 1 is 1.17 bits per heavy atom. The van der Waals surface area contributed by atoms with Crippen LogP contribution < -0.4 is 19.5 Å². The molecule has 0 unspecified atom stereocenters.